The third kappa shape index (κ3) is 1.86. The van der Waals surface area contributed by atoms with E-state index in [1.807, 2.05) is 31.2 Å². The van der Waals surface area contributed by atoms with Gasteiger partial charge in [-0.15, -0.1) is 0 Å². The Hall–Kier alpha value is -1.61. The smallest absolute Gasteiger partial charge is 0.320 e. The minimum atomic E-state index is -0.822. The van der Waals surface area contributed by atoms with Crippen molar-refractivity contribution in [3.05, 3.63) is 41.0 Å². The van der Waals surface area contributed by atoms with E-state index in [1.54, 1.807) is 6.92 Å². The van der Waals surface area contributed by atoms with Crippen molar-refractivity contribution >= 4 is 12.0 Å². The minimum Gasteiger partial charge on any atom is -0.480 e. The zero-order valence-electron chi connectivity index (χ0n) is 9.40. The molecule has 0 saturated heterocycles. The second-order valence-electron chi connectivity index (χ2n) is 4.18. The van der Waals surface area contributed by atoms with Crippen molar-refractivity contribution in [1.82, 2.24) is 5.32 Å². The Bertz CT molecular complexity index is 451. The van der Waals surface area contributed by atoms with Crippen LogP contribution in [0.25, 0.3) is 6.08 Å². The van der Waals surface area contributed by atoms with E-state index in [0.29, 0.717) is 0 Å². The molecule has 1 aromatic rings. The Kier molecular flexibility index (Phi) is 2.79. The number of hydrogen-bond donors (Lipinski definition) is 2. The monoisotopic (exact) mass is 217 g/mol. The first kappa shape index (κ1) is 10.9. The normalized spacial score (nSPS) is 20.1. The van der Waals surface area contributed by atoms with E-state index in [4.69, 9.17) is 5.11 Å². The first-order valence-corrected chi connectivity index (χ1v) is 5.35. The van der Waals surface area contributed by atoms with E-state index in [2.05, 4.69) is 11.4 Å². The van der Waals surface area contributed by atoms with Crippen LogP contribution in [-0.4, -0.2) is 17.1 Å². The summed E-state index contributed by atoms with van der Waals surface area (Å²) in [5.74, 6) is -0.822. The second kappa shape index (κ2) is 4.10. The molecule has 0 aliphatic heterocycles. The second-order valence-corrected chi connectivity index (χ2v) is 4.18. The Balaban J connectivity index is 2.24. The summed E-state index contributed by atoms with van der Waals surface area (Å²) in [5, 5.41) is 12.0. The van der Waals surface area contributed by atoms with E-state index in [0.717, 1.165) is 11.1 Å². The van der Waals surface area contributed by atoms with Gasteiger partial charge in [0.25, 0.3) is 0 Å². The lowest BCUT2D eigenvalue weighted by Crippen LogP contribution is -2.36. The summed E-state index contributed by atoms with van der Waals surface area (Å²) in [6, 6.07) is 7.54. The average Bonchev–Trinajstić information content (AvgIpc) is 2.55. The van der Waals surface area contributed by atoms with E-state index in [-0.39, 0.29) is 6.04 Å². The van der Waals surface area contributed by atoms with Crippen molar-refractivity contribution in [2.45, 2.75) is 25.9 Å². The summed E-state index contributed by atoms with van der Waals surface area (Å²) in [6.45, 7) is 3.68. The van der Waals surface area contributed by atoms with Crippen LogP contribution >= 0.6 is 0 Å². The quantitative estimate of drug-likeness (QED) is 0.816. The van der Waals surface area contributed by atoms with E-state index < -0.39 is 12.0 Å². The van der Waals surface area contributed by atoms with Crippen molar-refractivity contribution < 1.29 is 9.90 Å². The molecule has 0 fully saturated rings. The molecule has 2 N–H and O–H groups in total. The number of fused-ring (bicyclic) bond motifs is 1. The van der Waals surface area contributed by atoms with Crippen LogP contribution in [0.5, 0.6) is 0 Å². The summed E-state index contributed by atoms with van der Waals surface area (Å²) >= 11 is 0. The van der Waals surface area contributed by atoms with Crippen LogP contribution in [-0.2, 0) is 4.79 Å². The molecule has 2 rings (SSSR count). The molecule has 2 atom stereocenters. The summed E-state index contributed by atoms with van der Waals surface area (Å²) in [5.41, 5.74) is 3.50. The molecule has 0 amide bonds. The van der Waals surface area contributed by atoms with Crippen molar-refractivity contribution in [3.8, 4) is 0 Å². The van der Waals surface area contributed by atoms with Gasteiger partial charge in [0, 0.05) is 0 Å². The molecule has 0 heterocycles. The maximum absolute atomic E-state index is 10.8. The van der Waals surface area contributed by atoms with Crippen molar-refractivity contribution in [3.63, 3.8) is 0 Å². The Labute approximate surface area is 94.8 Å². The largest absolute Gasteiger partial charge is 0.480 e. The van der Waals surface area contributed by atoms with Crippen LogP contribution in [0.2, 0.25) is 0 Å². The molecule has 3 nitrogen and oxygen atoms in total. The highest BCUT2D eigenvalue weighted by Gasteiger charge is 2.25. The fraction of sp³-hybridized carbons (Fsp3) is 0.308. The van der Waals surface area contributed by atoms with E-state index in [9.17, 15) is 4.79 Å². The van der Waals surface area contributed by atoms with Crippen LogP contribution in [0.4, 0.5) is 0 Å². The Morgan fingerprint density at radius 1 is 1.44 bits per heavy atom. The van der Waals surface area contributed by atoms with Crippen LogP contribution < -0.4 is 5.32 Å². The summed E-state index contributed by atoms with van der Waals surface area (Å²) in [4.78, 5) is 10.8. The molecule has 1 aromatic carbocycles. The molecule has 0 unspecified atom stereocenters. The topological polar surface area (TPSA) is 49.3 Å². The highest BCUT2D eigenvalue weighted by molar-refractivity contribution is 5.73. The fourth-order valence-corrected chi connectivity index (χ4v) is 2.02. The van der Waals surface area contributed by atoms with E-state index in [1.165, 1.54) is 5.56 Å². The van der Waals surface area contributed by atoms with E-state index >= 15 is 0 Å². The first-order valence-electron chi connectivity index (χ1n) is 5.35. The predicted octanol–water partition coefficient (Wildman–Crippen LogP) is 2.21. The number of nitrogens with one attached hydrogen (secondary N) is 1. The highest BCUT2D eigenvalue weighted by atomic mass is 16.4. The molecule has 16 heavy (non-hydrogen) atoms. The Morgan fingerprint density at radius 3 is 2.81 bits per heavy atom. The number of rotatable bonds is 3. The molecular formula is C13H15NO2. The number of hydrogen-bond acceptors (Lipinski definition) is 2. The number of aliphatic carboxylic acids is 1. The third-order valence-electron chi connectivity index (χ3n) is 2.93. The van der Waals surface area contributed by atoms with Gasteiger partial charge in [0.1, 0.15) is 6.04 Å². The van der Waals surface area contributed by atoms with Gasteiger partial charge in [0.05, 0.1) is 6.04 Å². The minimum absolute atomic E-state index is 0.0299. The molecule has 0 aromatic heterocycles. The first-order chi connectivity index (χ1) is 7.59. The third-order valence-corrected chi connectivity index (χ3v) is 2.93. The lowest BCUT2D eigenvalue weighted by molar-refractivity contribution is -0.139. The summed E-state index contributed by atoms with van der Waals surface area (Å²) < 4.78 is 0. The molecule has 84 valence electrons. The van der Waals surface area contributed by atoms with Gasteiger partial charge in [-0.2, -0.15) is 0 Å². The van der Waals surface area contributed by atoms with Gasteiger partial charge >= 0.3 is 5.97 Å². The van der Waals surface area contributed by atoms with Gasteiger partial charge in [-0.3, -0.25) is 10.1 Å². The zero-order chi connectivity index (χ0) is 11.7. The maximum Gasteiger partial charge on any atom is 0.320 e. The molecule has 0 saturated carbocycles. The van der Waals surface area contributed by atoms with Crippen LogP contribution in [0.1, 0.15) is 31.0 Å². The van der Waals surface area contributed by atoms with Gasteiger partial charge in [0.15, 0.2) is 0 Å². The molecule has 0 radical (unpaired) electrons. The number of carboxylic acids is 1. The molecule has 0 bridgehead atoms. The molecular weight excluding hydrogens is 202 g/mol. The molecule has 0 spiro atoms. The summed E-state index contributed by atoms with van der Waals surface area (Å²) in [7, 11) is 0. The van der Waals surface area contributed by atoms with Gasteiger partial charge in [-0.1, -0.05) is 35.9 Å². The standard InChI is InChI=1S/C13H15NO2/c1-8-7-10-5-3-4-6-11(10)12(8)14-9(2)13(15)16/h3-7,9,12,14H,1-2H3,(H,15,16)/t9-,12+/m1/s1. The number of carbonyl (C=O) groups is 1. The highest BCUT2D eigenvalue weighted by Crippen LogP contribution is 2.33. The molecule has 3 heteroatoms. The van der Waals surface area contributed by atoms with Crippen LogP contribution in [0.3, 0.4) is 0 Å². The predicted molar refractivity (Wildman–Crippen MR) is 63.1 cm³/mol. The van der Waals surface area contributed by atoms with Crippen LogP contribution in [0, 0.1) is 0 Å². The lowest BCUT2D eigenvalue weighted by Gasteiger charge is -2.19. The van der Waals surface area contributed by atoms with Crippen LogP contribution in [0.15, 0.2) is 29.8 Å². The fourth-order valence-electron chi connectivity index (χ4n) is 2.02. The van der Waals surface area contributed by atoms with Crippen molar-refractivity contribution in [2.24, 2.45) is 0 Å². The van der Waals surface area contributed by atoms with Crippen molar-refractivity contribution in [1.29, 1.82) is 0 Å². The van der Waals surface area contributed by atoms with Gasteiger partial charge in [-0.05, 0) is 25.0 Å². The van der Waals surface area contributed by atoms with Crippen molar-refractivity contribution in [2.75, 3.05) is 0 Å². The Morgan fingerprint density at radius 2 is 2.12 bits per heavy atom. The summed E-state index contributed by atoms with van der Waals surface area (Å²) in [6.07, 6.45) is 2.10. The zero-order valence-corrected chi connectivity index (χ0v) is 9.40. The SMILES string of the molecule is CC1=Cc2ccccc2[C@H]1N[C@H](C)C(=O)O. The molecule has 1 aliphatic carbocycles. The van der Waals surface area contributed by atoms with Gasteiger partial charge in [0.2, 0.25) is 0 Å². The number of carboxylic acid groups (broad SMARTS) is 1. The van der Waals surface area contributed by atoms with Gasteiger partial charge in [-0.25, -0.2) is 0 Å². The number of benzene rings is 1. The lowest BCUT2D eigenvalue weighted by atomic mass is 10.0. The van der Waals surface area contributed by atoms with Gasteiger partial charge < -0.3 is 5.11 Å². The molecule has 1 aliphatic rings. The average molecular weight is 217 g/mol. The maximum atomic E-state index is 10.8.